The number of nitrogens with zero attached hydrogens (tertiary/aromatic N) is 1. The molecule has 0 bridgehead atoms. The van der Waals surface area contributed by atoms with E-state index < -0.39 is 35.7 Å². The Hall–Kier alpha value is -3.10. The van der Waals surface area contributed by atoms with Gasteiger partial charge in [-0.2, -0.15) is 8.78 Å². The Bertz CT molecular complexity index is 889. The van der Waals surface area contributed by atoms with E-state index in [0.717, 1.165) is 23.1 Å². The quantitative estimate of drug-likeness (QED) is 0.636. The van der Waals surface area contributed by atoms with Gasteiger partial charge in [-0.1, -0.05) is 12.1 Å². The highest BCUT2D eigenvalue weighted by Crippen LogP contribution is 2.32. The highest BCUT2D eigenvalue weighted by atomic mass is 19.3. The first-order valence-corrected chi connectivity index (χ1v) is 7.84. The first-order chi connectivity index (χ1) is 12.7. The van der Waals surface area contributed by atoms with Gasteiger partial charge >= 0.3 is 12.6 Å². The molecule has 1 fully saturated rings. The molecule has 3 amide bonds. The lowest BCUT2D eigenvalue weighted by Gasteiger charge is -2.23. The van der Waals surface area contributed by atoms with E-state index in [0.29, 0.717) is 5.56 Å². The molecule has 1 saturated heterocycles. The molecule has 1 aliphatic heterocycles. The maximum atomic E-state index is 14.1. The summed E-state index contributed by atoms with van der Waals surface area (Å²) in [5.41, 5.74) is -1.59. The molecule has 0 radical (unpaired) electrons. The van der Waals surface area contributed by atoms with Crippen LogP contribution in [0.4, 0.5) is 22.4 Å². The Kier molecular flexibility index (Phi) is 4.77. The number of benzene rings is 2. The molecule has 1 unspecified atom stereocenters. The van der Waals surface area contributed by atoms with Crippen molar-refractivity contribution >= 4 is 11.9 Å². The van der Waals surface area contributed by atoms with Gasteiger partial charge in [0.05, 0.1) is 6.54 Å². The molecule has 0 aliphatic carbocycles. The average molecular weight is 382 g/mol. The summed E-state index contributed by atoms with van der Waals surface area (Å²) in [5.74, 6) is -2.41. The predicted octanol–water partition coefficient (Wildman–Crippen LogP) is 3.53. The summed E-state index contributed by atoms with van der Waals surface area (Å²) in [5, 5.41) is 2.38. The Morgan fingerprint density at radius 2 is 1.78 bits per heavy atom. The maximum absolute atomic E-state index is 14.1. The van der Waals surface area contributed by atoms with Crippen molar-refractivity contribution in [3.63, 3.8) is 0 Å². The Morgan fingerprint density at radius 3 is 2.41 bits per heavy atom. The van der Waals surface area contributed by atoms with E-state index in [9.17, 15) is 27.2 Å². The molecule has 2 aromatic rings. The second-order valence-corrected chi connectivity index (χ2v) is 6.09. The number of urea groups is 1. The Balaban J connectivity index is 1.83. The van der Waals surface area contributed by atoms with Gasteiger partial charge in [0.25, 0.3) is 5.91 Å². The maximum Gasteiger partial charge on any atom is 0.387 e. The van der Waals surface area contributed by atoms with Crippen LogP contribution in [-0.4, -0.2) is 23.4 Å². The number of rotatable bonds is 5. The average Bonchev–Trinajstić information content (AvgIpc) is 2.82. The normalized spacial score (nSPS) is 19.6. The lowest BCUT2D eigenvalue weighted by molar-refractivity contribution is -0.131. The van der Waals surface area contributed by atoms with Crippen LogP contribution in [0.3, 0.4) is 0 Å². The number of amides is 3. The lowest BCUT2D eigenvalue weighted by atomic mass is 9.91. The molecule has 0 saturated carbocycles. The van der Waals surface area contributed by atoms with Crippen molar-refractivity contribution in [2.45, 2.75) is 25.6 Å². The molecule has 1 atom stereocenters. The second-order valence-electron chi connectivity index (χ2n) is 6.09. The summed E-state index contributed by atoms with van der Waals surface area (Å²) in [6.07, 6.45) is 0. The number of ether oxygens (including phenoxy) is 1. The van der Waals surface area contributed by atoms with Crippen molar-refractivity contribution in [3.05, 3.63) is 65.2 Å². The van der Waals surface area contributed by atoms with Crippen LogP contribution < -0.4 is 10.1 Å². The second kappa shape index (κ2) is 6.90. The summed E-state index contributed by atoms with van der Waals surface area (Å²) >= 11 is 0. The molecule has 1 heterocycles. The smallest absolute Gasteiger partial charge is 0.387 e. The fourth-order valence-electron chi connectivity index (χ4n) is 2.86. The molecule has 1 N–H and O–H groups in total. The van der Waals surface area contributed by atoms with Crippen LogP contribution in [0.25, 0.3) is 0 Å². The van der Waals surface area contributed by atoms with E-state index in [1.165, 1.54) is 31.2 Å². The van der Waals surface area contributed by atoms with Gasteiger partial charge in [0.15, 0.2) is 0 Å². The van der Waals surface area contributed by atoms with Gasteiger partial charge in [0.2, 0.25) is 0 Å². The SMILES string of the molecule is CC1(c2cc(F)ccc2F)NC(=O)N(Cc2ccc(OC(F)F)cc2)C1=O. The van der Waals surface area contributed by atoms with Crippen LogP contribution in [0.15, 0.2) is 42.5 Å². The van der Waals surface area contributed by atoms with Gasteiger partial charge in [0.1, 0.15) is 22.9 Å². The first-order valence-electron chi connectivity index (χ1n) is 7.84. The highest BCUT2D eigenvalue weighted by molar-refractivity contribution is 6.07. The Labute approximate surface area is 151 Å². The number of nitrogens with one attached hydrogen (secondary N) is 1. The van der Waals surface area contributed by atoms with Crippen molar-refractivity contribution in [3.8, 4) is 5.75 Å². The number of hydrogen-bond donors (Lipinski definition) is 1. The van der Waals surface area contributed by atoms with Gasteiger partial charge in [-0.15, -0.1) is 0 Å². The van der Waals surface area contributed by atoms with Gasteiger partial charge in [0, 0.05) is 5.56 Å². The number of hydrogen-bond acceptors (Lipinski definition) is 3. The van der Waals surface area contributed by atoms with E-state index in [1.54, 1.807) is 0 Å². The highest BCUT2D eigenvalue weighted by Gasteiger charge is 2.50. The first kappa shape index (κ1) is 18.7. The monoisotopic (exact) mass is 382 g/mol. The van der Waals surface area contributed by atoms with Crippen molar-refractivity contribution < 1.29 is 31.9 Å². The van der Waals surface area contributed by atoms with Crippen molar-refractivity contribution in [1.82, 2.24) is 10.2 Å². The molecule has 1 aliphatic rings. The molecule has 3 rings (SSSR count). The van der Waals surface area contributed by atoms with Gasteiger partial charge in [-0.05, 0) is 42.8 Å². The minimum Gasteiger partial charge on any atom is -0.435 e. The lowest BCUT2D eigenvalue weighted by Crippen LogP contribution is -2.41. The molecule has 0 spiro atoms. The molecule has 142 valence electrons. The number of alkyl halides is 2. The number of carbonyl (C=O) groups is 2. The minimum atomic E-state index is -2.97. The summed E-state index contributed by atoms with van der Waals surface area (Å²) < 4.78 is 56.2. The van der Waals surface area contributed by atoms with Crippen LogP contribution >= 0.6 is 0 Å². The van der Waals surface area contributed by atoms with Gasteiger partial charge in [-0.25, -0.2) is 13.6 Å². The summed E-state index contributed by atoms with van der Waals surface area (Å²) in [7, 11) is 0. The third-order valence-electron chi connectivity index (χ3n) is 4.23. The standard InChI is InChI=1S/C18H14F4N2O3/c1-18(13-8-11(19)4-7-14(13)20)15(25)24(17(26)23-18)9-10-2-5-12(6-3-10)27-16(21)22/h2-8,16H,9H2,1H3,(H,23,26). The van der Waals surface area contributed by atoms with E-state index >= 15 is 0 Å². The molecule has 0 aromatic heterocycles. The molecular formula is C18H14F4N2O3. The third kappa shape index (κ3) is 3.57. The largest absolute Gasteiger partial charge is 0.435 e. The number of carbonyl (C=O) groups excluding carboxylic acids is 2. The van der Waals surface area contributed by atoms with Crippen molar-refractivity contribution in [1.29, 1.82) is 0 Å². The summed E-state index contributed by atoms with van der Waals surface area (Å²) in [6, 6.07) is 7.22. The van der Waals surface area contributed by atoms with E-state index in [2.05, 4.69) is 10.1 Å². The van der Waals surface area contributed by atoms with Crippen LogP contribution in [0.5, 0.6) is 5.75 Å². The molecule has 5 nitrogen and oxygen atoms in total. The van der Waals surface area contributed by atoms with Crippen LogP contribution in [-0.2, 0) is 16.9 Å². The zero-order chi connectivity index (χ0) is 19.8. The summed E-state index contributed by atoms with van der Waals surface area (Å²) in [4.78, 5) is 25.8. The third-order valence-corrected chi connectivity index (χ3v) is 4.23. The minimum absolute atomic E-state index is 0.0716. The Morgan fingerprint density at radius 1 is 1.11 bits per heavy atom. The van der Waals surface area contributed by atoms with Gasteiger partial charge < -0.3 is 10.1 Å². The van der Waals surface area contributed by atoms with Gasteiger partial charge in [-0.3, -0.25) is 9.69 Å². The summed E-state index contributed by atoms with van der Waals surface area (Å²) in [6.45, 7) is -1.86. The van der Waals surface area contributed by atoms with Crippen molar-refractivity contribution in [2.24, 2.45) is 0 Å². The fraction of sp³-hybridized carbons (Fsp3) is 0.222. The van der Waals surface area contributed by atoms with Crippen molar-refractivity contribution in [2.75, 3.05) is 0 Å². The van der Waals surface area contributed by atoms with E-state index in [-0.39, 0.29) is 17.9 Å². The van der Waals surface area contributed by atoms with Crippen LogP contribution in [0.1, 0.15) is 18.1 Å². The predicted molar refractivity (Wildman–Crippen MR) is 85.9 cm³/mol. The molecule has 2 aromatic carbocycles. The zero-order valence-electron chi connectivity index (χ0n) is 14.0. The van der Waals surface area contributed by atoms with Crippen LogP contribution in [0, 0.1) is 11.6 Å². The number of imide groups is 1. The zero-order valence-corrected chi connectivity index (χ0v) is 14.0. The van der Waals surface area contributed by atoms with Crippen LogP contribution in [0.2, 0.25) is 0 Å². The molecule has 9 heteroatoms. The topological polar surface area (TPSA) is 58.6 Å². The number of halogens is 4. The van der Waals surface area contributed by atoms with E-state index in [4.69, 9.17) is 0 Å². The van der Waals surface area contributed by atoms with E-state index in [1.807, 2.05) is 0 Å². The molecule has 27 heavy (non-hydrogen) atoms. The fourth-order valence-corrected chi connectivity index (χ4v) is 2.86. The molecular weight excluding hydrogens is 368 g/mol.